The molecule has 0 radical (unpaired) electrons. The Kier molecular flexibility index (Phi) is 5.67. The second-order valence-electron chi connectivity index (χ2n) is 10.5. The Morgan fingerprint density at radius 2 is 1.71 bits per heavy atom. The molecule has 2 aliphatic rings. The second-order valence-corrected chi connectivity index (χ2v) is 10.5. The maximum absolute atomic E-state index is 13.3. The highest BCUT2D eigenvalue weighted by Gasteiger charge is 2.33. The van der Waals surface area contributed by atoms with Gasteiger partial charge in [0.05, 0.1) is 16.8 Å². The van der Waals surface area contributed by atoms with Crippen LogP contribution in [0.2, 0.25) is 0 Å². The number of nitrogens with one attached hydrogen (secondary N) is 1. The molecule has 2 heterocycles. The van der Waals surface area contributed by atoms with Crippen LogP contribution in [-0.2, 0) is 5.54 Å². The van der Waals surface area contributed by atoms with Crippen molar-refractivity contribution >= 4 is 17.5 Å². The smallest absolute Gasteiger partial charge is 0.276 e. The molecule has 1 saturated heterocycles. The van der Waals surface area contributed by atoms with Gasteiger partial charge in [-0.15, -0.1) is 0 Å². The maximum Gasteiger partial charge on any atom is 0.276 e. The summed E-state index contributed by atoms with van der Waals surface area (Å²) in [7, 11) is 0. The van der Waals surface area contributed by atoms with E-state index in [0.29, 0.717) is 34.7 Å². The van der Waals surface area contributed by atoms with Crippen molar-refractivity contribution in [1.29, 1.82) is 0 Å². The molecule has 6 heteroatoms. The molecule has 1 saturated carbocycles. The monoisotopic (exact) mass is 422 g/mol. The zero-order chi connectivity index (χ0) is 22.3. The molecule has 31 heavy (non-hydrogen) atoms. The first kappa shape index (κ1) is 21.6. The van der Waals surface area contributed by atoms with E-state index >= 15 is 0 Å². The third-order valence-electron chi connectivity index (χ3n) is 6.16. The number of amides is 2. The van der Waals surface area contributed by atoms with Gasteiger partial charge in [0.15, 0.2) is 5.69 Å². The van der Waals surface area contributed by atoms with E-state index < -0.39 is 0 Å². The molecule has 0 bridgehead atoms. The van der Waals surface area contributed by atoms with E-state index in [1.165, 1.54) is 0 Å². The molecule has 1 aliphatic carbocycles. The first-order valence-corrected chi connectivity index (χ1v) is 11.4. The average Bonchev–Trinajstić information content (AvgIpc) is 3.43. The molecule has 1 aliphatic heterocycles. The van der Waals surface area contributed by atoms with Crippen molar-refractivity contribution < 1.29 is 9.59 Å². The Morgan fingerprint density at radius 1 is 1.06 bits per heavy atom. The van der Waals surface area contributed by atoms with Gasteiger partial charge >= 0.3 is 0 Å². The standard InChI is InChI=1S/C25H34N4O2/c1-16-12-17(2)15-28(14-16)24(31)19-8-6-7-9-20(19)26-23(30)21-13-22(18-10-11-18)29(27-21)25(3,4)5/h6-9,13,16-18H,10-12,14-15H2,1-5H3,(H,26,30). The number of para-hydroxylation sites is 1. The molecule has 2 amide bonds. The van der Waals surface area contributed by atoms with Gasteiger partial charge in [-0.1, -0.05) is 26.0 Å². The van der Waals surface area contributed by atoms with E-state index in [9.17, 15) is 9.59 Å². The van der Waals surface area contributed by atoms with Crippen molar-refractivity contribution in [3.8, 4) is 0 Å². The molecule has 1 N–H and O–H groups in total. The van der Waals surface area contributed by atoms with Crippen molar-refractivity contribution in [2.75, 3.05) is 18.4 Å². The fraction of sp³-hybridized carbons (Fsp3) is 0.560. The summed E-state index contributed by atoms with van der Waals surface area (Å²) in [5.74, 6) is 1.16. The number of rotatable bonds is 4. The number of anilines is 1. The first-order valence-electron chi connectivity index (χ1n) is 11.4. The van der Waals surface area contributed by atoms with Crippen molar-refractivity contribution in [1.82, 2.24) is 14.7 Å². The highest BCUT2D eigenvalue weighted by molar-refractivity contribution is 6.08. The van der Waals surface area contributed by atoms with E-state index in [1.807, 2.05) is 27.8 Å². The lowest BCUT2D eigenvalue weighted by molar-refractivity contribution is 0.0624. The van der Waals surface area contributed by atoms with Gasteiger partial charge in [-0.25, -0.2) is 0 Å². The Hall–Kier alpha value is -2.63. The molecule has 2 aromatic rings. The van der Waals surface area contributed by atoms with Crippen LogP contribution in [0.4, 0.5) is 5.69 Å². The van der Waals surface area contributed by atoms with Gasteiger partial charge in [0.1, 0.15) is 0 Å². The van der Waals surface area contributed by atoms with Gasteiger partial charge in [0, 0.05) is 24.7 Å². The summed E-state index contributed by atoms with van der Waals surface area (Å²) in [4.78, 5) is 28.3. The summed E-state index contributed by atoms with van der Waals surface area (Å²) < 4.78 is 1.98. The van der Waals surface area contributed by atoms with Crippen LogP contribution in [0.15, 0.2) is 30.3 Å². The zero-order valence-corrected chi connectivity index (χ0v) is 19.3. The van der Waals surface area contributed by atoms with E-state index in [0.717, 1.165) is 38.0 Å². The Labute approximate surface area is 185 Å². The number of nitrogens with zero attached hydrogens (tertiary/aromatic N) is 3. The van der Waals surface area contributed by atoms with Gasteiger partial charge < -0.3 is 10.2 Å². The normalized spacial score (nSPS) is 21.8. The van der Waals surface area contributed by atoms with Gasteiger partial charge in [-0.05, 0) is 70.1 Å². The number of carbonyl (C=O) groups excluding carboxylic acids is 2. The quantitative estimate of drug-likeness (QED) is 0.763. The van der Waals surface area contributed by atoms with E-state index in [-0.39, 0.29) is 17.4 Å². The number of aromatic nitrogens is 2. The minimum atomic E-state index is -0.273. The van der Waals surface area contributed by atoms with Gasteiger partial charge in [-0.3, -0.25) is 14.3 Å². The third kappa shape index (κ3) is 4.68. The summed E-state index contributed by atoms with van der Waals surface area (Å²) in [6, 6.07) is 9.20. The van der Waals surface area contributed by atoms with Crippen LogP contribution in [0.25, 0.3) is 0 Å². The number of carbonyl (C=O) groups is 2. The van der Waals surface area contributed by atoms with E-state index in [2.05, 4.69) is 45.0 Å². The maximum atomic E-state index is 13.3. The van der Waals surface area contributed by atoms with Crippen molar-refractivity contribution in [3.05, 3.63) is 47.3 Å². The van der Waals surface area contributed by atoms with Crippen molar-refractivity contribution in [2.24, 2.45) is 11.8 Å². The number of hydrogen-bond donors (Lipinski definition) is 1. The summed E-state index contributed by atoms with van der Waals surface area (Å²) >= 11 is 0. The van der Waals surface area contributed by atoms with E-state index in [4.69, 9.17) is 0 Å². The first-order chi connectivity index (χ1) is 14.6. The molecule has 0 spiro atoms. The summed E-state index contributed by atoms with van der Waals surface area (Å²) in [6.07, 6.45) is 3.43. The van der Waals surface area contributed by atoms with Crippen LogP contribution in [0.3, 0.4) is 0 Å². The number of likely N-dealkylation sites (tertiary alicyclic amines) is 1. The fourth-order valence-electron chi connectivity index (χ4n) is 4.68. The van der Waals surface area contributed by atoms with Crippen molar-refractivity contribution in [3.63, 3.8) is 0 Å². The Bertz CT molecular complexity index is 974. The van der Waals surface area contributed by atoms with E-state index in [1.54, 1.807) is 12.1 Å². The van der Waals surface area contributed by atoms with Crippen LogP contribution in [0, 0.1) is 11.8 Å². The third-order valence-corrected chi connectivity index (χ3v) is 6.16. The highest BCUT2D eigenvalue weighted by atomic mass is 16.2. The molecule has 4 rings (SSSR count). The summed E-state index contributed by atoms with van der Waals surface area (Å²) in [5, 5.41) is 7.59. The predicted molar refractivity (Wildman–Crippen MR) is 122 cm³/mol. The van der Waals surface area contributed by atoms with Gasteiger partial charge in [-0.2, -0.15) is 5.10 Å². The minimum Gasteiger partial charge on any atom is -0.338 e. The Morgan fingerprint density at radius 3 is 2.32 bits per heavy atom. The lowest BCUT2D eigenvalue weighted by atomic mass is 9.91. The summed E-state index contributed by atoms with van der Waals surface area (Å²) in [6.45, 7) is 12.2. The van der Waals surface area contributed by atoms with Crippen LogP contribution < -0.4 is 5.32 Å². The molecule has 1 aromatic carbocycles. The molecule has 6 nitrogen and oxygen atoms in total. The molecular weight excluding hydrogens is 388 g/mol. The van der Waals surface area contributed by atoms with Gasteiger partial charge in [0.25, 0.3) is 11.8 Å². The fourth-order valence-corrected chi connectivity index (χ4v) is 4.68. The molecular formula is C25H34N4O2. The highest BCUT2D eigenvalue weighted by Crippen LogP contribution is 2.41. The van der Waals surface area contributed by atoms with Crippen LogP contribution in [0.1, 0.15) is 86.3 Å². The lowest BCUT2D eigenvalue weighted by Crippen LogP contribution is -2.42. The molecule has 2 fully saturated rings. The number of hydrogen-bond acceptors (Lipinski definition) is 3. The molecule has 166 valence electrons. The SMILES string of the molecule is CC1CC(C)CN(C(=O)c2ccccc2NC(=O)c2cc(C3CC3)n(C(C)(C)C)n2)C1. The zero-order valence-electron chi connectivity index (χ0n) is 19.3. The topological polar surface area (TPSA) is 67.2 Å². The summed E-state index contributed by atoms with van der Waals surface area (Å²) in [5.41, 5.74) is 2.42. The predicted octanol–water partition coefficient (Wildman–Crippen LogP) is 4.89. The van der Waals surface area contributed by atoms with Crippen LogP contribution in [0.5, 0.6) is 0 Å². The lowest BCUT2D eigenvalue weighted by Gasteiger charge is -2.35. The molecule has 2 atom stereocenters. The molecule has 1 aromatic heterocycles. The van der Waals surface area contributed by atoms with Crippen LogP contribution >= 0.6 is 0 Å². The number of benzene rings is 1. The van der Waals surface area contributed by atoms with Gasteiger partial charge in [0.2, 0.25) is 0 Å². The molecule has 2 unspecified atom stereocenters. The second kappa shape index (κ2) is 8.13. The largest absolute Gasteiger partial charge is 0.338 e. The van der Waals surface area contributed by atoms with Crippen molar-refractivity contribution in [2.45, 2.75) is 65.3 Å². The number of piperidine rings is 1. The minimum absolute atomic E-state index is 0.0202. The average molecular weight is 423 g/mol. The van der Waals surface area contributed by atoms with Crippen LogP contribution in [-0.4, -0.2) is 39.6 Å². The Balaban J connectivity index is 1.57.